The van der Waals surface area contributed by atoms with Crippen LogP contribution < -0.4 is 5.30 Å². The summed E-state index contributed by atoms with van der Waals surface area (Å²) >= 11 is 8.07. The lowest BCUT2D eigenvalue weighted by Gasteiger charge is -2.30. The van der Waals surface area contributed by atoms with Gasteiger partial charge >= 0.3 is 0 Å². The molecule has 0 saturated carbocycles. The summed E-state index contributed by atoms with van der Waals surface area (Å²) in [6.07, 6.45) is 0. The summed E-state index contributed by atoms with van der Waals surface area (Å²) in [5.41, 5.74) is 0. The van der Waals surface area contributed by atoms with E-state index < -0.39 is 44.3 Å². The molecule has 1 aromatic rings. The molecule has 0 aliphatic heterocycles. The van der Waals surface area contributed by atoms with Crippen LogP contribution in [0.4, 0.5) is 22.0 Å². The number of hydrogen-bond donors (Lipinski definition) is 0. The number of benzene rings is 1. The van der Waals surface area contributed by atoms with Gasteiger partial charge in [-0.25, -0.2) is 22.0 Å². The highest BCUT2D eigenvalue weighted by molar-refractivity contribution is 9.45. The summed E-state index contributed by atoms with van der Waals surface area (Å²) in [5, 5.41) is -1.76. The molecule has 0 saturated heterocycles. The second kappa shape index (κ2) is 4.84. The molecule has 0 heterocycles. The first-order valence-electron chi connectivity index (χ1n) is 4.74. The summed E-state index contributed by atoms with van der Waals surface area (Å²) in [6.45, 7) is 4.71. The zero-order valence-corrected chi connectivity index (χ0v) is 12.9. The van der Waals surface area contributed by atoms with Gasteiger partial charge in [0.15, 0.2) is 23.3 Å². The third-order valence-corrected chi connectivity index (χ3v) is 11.5. The Morgan fingerprint density at radius 1 is 0.833 bits per heavy atom. The van der Waals surface area contributed by atoms with Gasteiger partial charge < -0.3 is 0 Å². The Morgan fingerprint density at radius 3 is 1.39 bits per heavy atom. The second-order valence-electron chi connectivity index (χ2n) is 4.62. The normalized spacial score (nSPS) is 15.6. The molecule has 0 aliphatic rings. The minimum Gasteiger partial charge on any atom is -0.203 e. The molecule has 0 bridgehead atoms. The van der Waals surface area contributed by atoms with Crippen molar-refractivity contribution < 1.29 is 22.0 Å². The van der Waals surface area contributed by atoms with Crippen molar-refractivity contribution in [2.24, 2.45) is 0 Å². The lowest BCUT2D eigenvalue weighted by Crippen LogP contribution is -2.27. The Bertz CT molecular complexity index is 523. The van der Waals surface area contributed by atoms with Gasteiger partial charge in [0.1, 0.15) is 0 Å². The van der Waals surface area contributed by atoms with E-state index >= 15 is 0 Å². The highest BCUT2D eigenvalue weighted by Crippen LogP contribution is 2.64. The fourth-order valence-electron chi connectivity index (χ4n) is 1.18. The molecule has 8 heteroatoms. The molecule has 102 valence electrons. The molecule has 18 heavy (non-hydrogen) atoms. The second-order valence-corrected chi connectivity index (χ2v) is 13.7. The van der Waals surface area contributed by atoms with E-state index in [2.05, 4.69) is 15.5 Å². The molecule has 0 nitrogen and oxygen atoms in total. The fourth-order valence-corrected chi connectivity index (χ4v) is 3.97. The van der Waals surface area contributed by atoms with E-state index in [9.17, 15) is 22.0 Å². The number of hydrogen-bond acceptors (Lipinski definition) is 1. The van der Waals surface area contributed by atoms with Gasteiger partial charge in [-0.1, -0.05) is 32.6 Å². The van der Waals surface area contributed by atoms with Crippen LogP contribution in [0, 0.1) is 29.1 Å². The van der Waals surface area contributed by atoms with Crippen LogP contribution in [0.3, 0.4) is 0 Å². The fraction of sp³-hybridized carbons (Fsp3) is 0.400. The maximum absolute atomic E-state index is 13.6. The van der Waals surface area contributed by atoms with Crippen LogP contribution in [0.5, 0.6) is 0 Å². The topological polar surface area (TPSA) is 0 Å². The van der Waals surface area contributed by atoms with Gasteiger partial charge in [-0.15, -0.1) is 0 Å². The van der Waals surface area contributed by atoms with Crippen LogP contribution in [-0.4, -0.2) is 5.16 Å². The predicted molar refractivity (Wildman–Crippen MR) is 68.8 cm³/mol. The quantitative estimate of drug-likeness (QED) is 0.303. The highest BCUT2D eigenvalue weighted by Gasteiger charge is 2.39. The lowest BCUT2D eigenvalue weighted by atomic mass is 10.2. The van der Waals surface area contributed by atoms with Crippen molar-refractivity contribution in [1.82, 2.24) is 0 Å². The smallest absolute Gasteiger partial charge is 0.200 e. The largest absolute Gasteiger partial charge is 0.203 e. The summed E-state index contributed by atoms with van der Waals surface area (Å²) in [6, 6.07) is 0. The van der Waals surface area contributed by atoms with Gasteiger partial charge in [-0.2, -0.15) is 0 Å². The van der Waals surface area contributed by atoms with E-state index in [1.54, 1.807) is 20.8 Å². The van der Waals surface area contributed by atoms with Gasteiger partial charge in [0.25, 0.3) is 0 Å². The summed E-state index contributed by atoms with van der Waals surface area (Å²) in [4.78, 5) is 0. The van der Waals surface area contributed by atoms with Gasteiger partial charge in [-0.05, 0) is 15.5 Å². The Hall–Kier alpha value is -0.000000000000000167. The number of rotatable bonds is 1. The minimum absolute atomic E-state index is 0.833. The van der Waals surface area contributed by atoms with Crippen molar-refractivity contribution >= 4 is 37.3 Å². The molecule has 0 amide bonds. The Morgan fingerprint density at radius 2 is 1.11 bits per heavy atom. The monoisotopic (exact) mass is 366 g/mol. The first kappa shape index (κ1) is 16.1. The lowest BCUT2D eigenvalue weighted by molar-refractivity contribution is 0.384. The number of halogens is 6. The minimum atomic E-state index is -3.13. The molecule has 1 rings (SSSR count). The first-order valence-corrected chi connectivity index (χ1v) is 9.56. The molecule has 0 N–H and O–H groups in total. The van der Waals surface area contributed by atoms with Crippen LogP contribution in [0.25, 0.3) is 0 Å². The van der Waals surface area contributed by atoms with Crippen molar-refractivity contribution in [2.45, 2.75) is 25.9 Å². The van der Waals surface area contributed by atoms with Crippen molar-refractivity contribution in [3.05, 3.63) is 29.1 Å². The average molecular weight is 367 g/mol. The molecular weight excluding hydrogens is 358 g/mol. The van der Waals surface area contributed by atoms with E-state index in [0.717, 1.165) is 0 Å². The third kappa shape index (κ3) is 2.37. The van der Waals surface area contributed by atoms with Crippen molar-refractivity contribution in [3.63, 3.8) is 0 Å². The van der Waals surface area contributed by atoms with Crippen molar-refractivity contribution in [1.29, 1.82) is 0 Å². The van der Waals surface area contributed by atoms with E-state index in [-0.39, 0.29) is 0 Å². The Kier molecular flexibility index (Phi) is 4.31. The zero-order valence-electron chi connectivity index (χ0n) is 9.62. The van der Waals surface area contributed by atoms with Gasteiger partial charge in [0, 0.05) is 5.16 Å². The molecule has 1 aromatic carbocycles. The SMILES string of the molecule is CC(C)(C)P(=S)(Br)c1c(F)c(F)c(F)c(F)c1F. The zero-order chi connectivity index (χ0) is 14.5. The predicted octanol–water partition coefficient (Wildman–Crippen LogP) is 4.60. The Balaban J connectivity index is 3.79. The van der Waals surface area contributed by atoms with Crippen LogP contribution in [0.2, 0.25) is 0 Å². The first-order chi connectivity index (χ1) is 7.93. The molecule has 1 unspecified atom stereocenters. The average Bonchev–Trinajstić information content (AvgIpc) is 2.22. The van der Waals surface area contributed by atoms with Crippen LogP contribution in [0.1, 0.15) is 20.8 Å². The summed E-state index contributed by atoms with van der Waals surface area (Å²) < 4.78 is 63.3. The van der Waals surface area contributed by atoms with Crippen LogP contribution in [-0.2, 0) is 11.8 Å². The molecule has 1 atom stereocenters. The standard InChI is InChI=1S/C10H9BrF5PS/c1-10(2,3)17(11,18)9-7(15)5(13)4(12)6(14)8(9)16/h1-3H3. The van der Waals surface area contributed by atoms with Gasteiger partial charge in [-0.3, -0.25) is 0 Å². The molecule has 0 aliphatic carbocycles. The Labute approximate surface area is 114 Å². The van der Waals surface area contributed by atoms with E-state index in [4.69, 9.17) is 11.8 Å². The van der Waals surface area contributed by atoms with Gasteiger partial charge in [0.05, 0.1) is 10.0 Å². The highest BCUT2D eigenvalue weighted by atomic mass is 79.9. The van der Waals surface area contributed by atoms with E-state index in [1.165, 1.54) is 0 Å². The van der Waals surface area contributed by atoms with Crippen LogP contribution in [0.15, 0.2) is 0 Å². The molecular formula is C10H9BrF5PS. The van der Waals surface area contributed by atoms with E-state index in [1.807, 2.05) is 0 Å². The van der Waals surface area contributed by atoms with Crippen molar-refractivity contribution in [2.75, 3.05) is 0 Å². The molecule has 0 aromatic heterocycles. The maximum atomic E-state index is 13.6. The summed E-state index contributed by atoms with van der Waals surface area (Å²) in [5.74, 6) is -9.84. The molecule has 0 radical (unpaired) electrons. The molecule has 0 spiro atoms. The van der Waals surface area contributed by atoms with Crippen molar-refractivity contribution in [3.8, 4) is 0 Å². The van der Waals surface area contributed by atoms with Gasteiger partial charge in [0.2, 0.25) is 5.82 Å². The summed E-state index contributed by atoms with van der Waals surface area (Å²) in [7, 11) is 0. The molecule has 0 fully saturated rings. The maximum Gasteiger partial charge on any atom is 0.200 e. The van der Waals surface area contributed by atoms with E-state index in [0.29, 0.717) is 0 Å². The third-order valence-electron chi connectivity index (χ3n) is 2.34. The van der Waals surface area contributed by atoms with Crippen LogP contribution >= 0.6 is 20.2 Å².